The number of phenolic OH excluding ortho intramolecular Hbond substituents is 1. The van der Waals surface area contributed by atoms with Crippen LogP contribution in [0.4, 0.5) is 4.79 Å². The van der Waals surface area contributed by atoms with E-state index in [1.165, 1.54) is 32.4 Å². The molecule has 0 unspecified atom stereocenters. The first-order valence-corrected chi connectivity index (χ1v) is 6.24. The molecule has 22 heavy (non-hydrogen) atoms. The summed E-state index contributed by atoms with van der Waals surface area (Å²) in [4.78, 5) is 35.7. The molecule has 1 aliphatic rings. The van der Waals surface area contributed by atoms with E-state index >= 15 is 0 Å². The van der Waals surface area contributed by atoms with Crippen molar-refractivity contribution in [3.8, 4) is 11.5 Å². The van der Waals surface area contributed by atoms with Gasteiger partial charge in [0.15, 0.2) is 11.5 Å². The van der Waals surface area contributed by atoms with Crippen molar-refractivity contribution in [2.45, 2.75) is 0 Å². The topological polar surface area (TPSA) is 105 Å². The molecule has 1 aromatic carbocycles. The summed E-state index contributed by atoms with van der Waals surface area (Å²) < 4.78 is 9.39. The number of phenols is 1. The lowest BCUT2D eigenvalue weighted by molar-refractivity contribution is -0.143. The number of amides is 3. The Kier molecular flexibility index (Phi) is 4.31. The summed E-state index contributed by atoms with van der Waals surface area (Å²) in [5.41, 5.74) is 0.555. The van der Waals surface area contributed by atoms with Crippen LogP contribution in [0, 0.1) is 0 Å². The molecular formula is C14H14N2O6. The van der Waals surface area contributed by atoms with Crippen LogP contribution in [-0.2, 0) is 14.3 Å². The van der Waals surface area contributed by atoms with Crippen LogP contribution < -0.4 is 10.1 Å². The van der Waals surface area contributed by atoms with Gasteiger partial charge in [0, 0.05) is 0 Å². The molecule has 1 saturated heterocycles. The Bertz CT molecular complexity index is 667. The van der Waals surface area contributed by atoms with Crippen molar-refractivity contribution in [3.63, 3.8) is 0 Å². The van der Waals surface area contributed by atoms with E-state index in [9.17, 15) is 19.5 Å². The van der Waals surface area contributed by atoms with Crippen LogP contribution in [-0.4, -0.2) is 48.7 Å². The zero-order chi connectivity index (χ0) is 16.3. The maximum absolute atomic E-state index is 12.1. The number of nitrogens with zero attached hydrogens (tertiary/aromatic N) is 1. The first-order valence-electron chi connectivity index (χ1n) is 6.24. The van der Waals surface area contributed by atoms with E-state index in [1.54, 1.807) is 6.07 Å². The van der Waals surface area contributed by atoms with Crippen molar-refractivity contribution in [1.29, 1.82) is 0 Å². The number of aromatic hydroxyl groups is 1. The van der Waals surface area contributed by atoms with E-state index in [2.05, 4.69) is 10.1 Å². The van der Waals surface area contributed by atoms with Crippen LogP contribution in [0.2, 0.25) is 0 Å². The molecule has 0 atom stereocenters. The Morgan fingerprint density at radius 3 is 2.73 bits per heavy atom. The van der Waals surface area contributed by atoms with Crippen molar-refractivity contribution in [3.05, 3.63) is 29.5 Å². The van der Waals surface area contributed by atoms with Gasteiger partial charge >= 0.3 is 12.0 Å². The highest BCUT2D eigenvalue weighted by atomic mass is 16.5. The van der Waals surface area contributed by atoms with Crippen molar-refractivity contribution in [2.75, 3.05) is 20.8 Å². The predicted molar refractivity (Wildman–Crippen MR) is 74.9 cm³/mol. The number of urea groups is 1. The molecule has 1 heterocycles. The van der Waals surface area contributed by atoms with E-state index in [0.717, 1.165) is 4.90 Å². The number of nitrogens with one attached hydrogen (secondary N) is 1. The van der Waals surface area contributed by atoms with Gasteiger partial charge in [0.05, 0.1) is 14.2 Å². The summed E-state index contributed by atoms with van der Waals surface area (Å²) in [6.07, 6.45) is 1.42. The fraction of sp³-hybridized carbons (Fsp3) is 0.214. The quantitative estimate of drug-likeness (QED) is 0.476. The Morgan fingerprint density at radius 2 is 2.09 bits per heavy atom. The zero-order valence-corrected chi connectivity index (χ0v) is 12.0. The Morgan fingerprint density at radius 1 is 1.36 bits per heavy atom. The predicted octanol–water partition coefficient (Wildman–Crippen LogP) is 0.466. The van der Waals surface area contributed by atoms with Crippen molar-refractivity contribution in [1.82, 2.24) is 10.2 Å². The average Bonchev–Trinajstić information content (AvgIpc) is 2.76. The number of carbonyl (C=O) groups is 3. The van der Waals surface area contributed by atoms with Gasteiger partial charge in [-0.1, -0.05) is 6.07 Å². The molecule has 0 saturated carbocycles. The molecular weight excluding hydrogens is 292 g/mol. The molecule has 0 bridgehead atoms. The smallest absolute Gasteiger partial charge is 0.329 e. The maximum atomic E-state index is 12.1. The van der Waals surface area contributed by atoms with Gasteiger partial charge < -0.3 is 19.9 Å². The number of hydrogen-bond donors (Lipinski definition) is 2. The number of carbonyl (C=O) groups excluding carboxylic acids is 3. The molecule has 8 heteroatoms. The van der Waals surface area contributed by atoms with Gasteiger partial charge in [-0.15, -0.1) is 0 Å². The van der Waals surface area contributed by atoms with Crippen LogP contribution in [0.15, 0.2) is 23.9 Å². The molecule has 1 aliphatic heterocycles. The fourth-order valence-electron chi connectivity index (χ4n) is 1.86. The van der Waals surface area contributed by atoms with Gasteiger partial charge in [-0.2, -0.15) is 0 Å². The van der Waals surface area contributed by atoms with Crippen LogP contribution in [0.1, 0.15) is 5.56 Å². The SMILES string of the molecule is COC(=O)CN1C(=O)N/C(=C/c2ccc(O)c(OC)c2)C1=O. The molecule has 2 N–H and O–H groups in total. The Balaban J connectivity index is 2.24. The molecule has 8 nitrogen and oxygen atoms in total. The second-order valence-corrected chi connectivity index (χ2v) is 4.39. The Labute approximate surface area is 125 Å². The number of benzene rings is 1. The number of methoxy groups -OCH3 is 2. The standard InChI is InChI=1S/C14H14N2O6/c1-21-11-6-8(3-4-10(11)17)5-9-13(19)16(14(20)15-9)7-12(18)22-2/h3-6,17H,7H2,1-2H3,(H,15,20)/b9-5+. The molecule has 0 aliphatic carbocycles. The number of imide groups is 1. The highest BCUT2D eigenvalue weighted by Crippen LogP contribution is 2.27. The molecule has 116 valence electrons. The average molecular weight is 306 g/mol. The first-order chi connectivity index (χ1) is 10.5. The summed E-state index contributed by atoms with van der Waals surface area (Å²) in [5.74, 6) is -1.14. The lowest BCUT2D eigenvalue weighted by Crippen LogP contribution is -2.36. The van der Waals surface area contributed by atoms with Crippen LogP contribution >= 0.6 is 0 Å². The minimum Gasteiger partial charge on any atom is -0.504 e. The van der Waals surface area contributed by atoms with E-state index in [0.29, 0.717) is 5.56 Å². The normalized spacial score (nSPS) is 15.9. The lowest BCUT2D eigenvalue weighted by atomic mass is 10.1. The third kappa shape index (κ3) is 3.00. The van der Waals surface area contributed by atoms with E-state index < -0.39 is 24.5 Å². The highest BCUT2D eigenvalue weighted by Gasteiger charge is 2.35. The summed E-state index contributed by atoms with van der Waals surface area (Å²) in [6.45, 7) is -0.461. The van der Waals surface area contributed by atoms with Gasteiger partial charge in [-0.05, 0) is 23.8 Å². The number of rotatable bonds is 4. The third-order valence-corrected chi connectivity index (χ3v) is 2.99. The second kappa shape index (κ2) is 6.17. The minimum absolute atomic E-state index is 0.0154. The van der Waals surface area contributed by atoms with Gasteiger partial charge in [-0.25, -0.2) is 9.69 Å². The lowest BCUT2D eigenvalue weighted by Gasteiger charge is -2.09. The first kappa shape index (κ1) is 15.4. The zero-order valence-electron chi connectivity index (χ0n) is 12.0. The molecule has 1 fully saturated rings. The van der Waals surface area contributed by atoms with E-state index in [-0.39, 0.29) is 17.2 Å². The number of ether oxygens (including phenoxy) is 2. The van der Waals surface area contributed by atoms with Crippen LogP contribution in [0.25, 0.3) is 6.08 Å². The summed E-state index contributed by atoms with van der Waals surface area (Å²) in [5, 5.41) is 11.9. The molecule has 0 spiro atoms. The van der Waals surface area contributed by atoms with E-state index in [4.69, 9.17) is 4.74 Å². The summed E-state index contributed by atoms with van der Waals surface area (Å²) in [7, 11) is 2.56. The van der Waals surface area contributed by atoms with Crippen molar-refractivity contribution < 1.29 is 29.0 Å². The second-order valence-electron chi connectivity index (χ2n) is 4.39. The van der Waals surface area contributed by atoms with Gasteiger partial charge in [-0.3, -0.25) is 9.59 Å². The molecule has 0 radical (unpaired) electrons. The van der Waals surface area contributed by atoms with E-state index in [1.807, 2.05) is 0 Å². The number of hydrogen-bond acceptors (Lipinski definition) is 6. The van der Waals surface area contributed by atoms with Crippen molar-refractivity contribution >= 4 is 24.0 Å². The third-order valence-electron chi connectivity index (χ3n) is 2.99. The molecule has 0 aromatic heterocycles. The van der Waals surface area contributed by atoms with Crippen molar-refractivity contribution in [2.24, 2.45) is 0 Å². The summed E-state index contributed by atoms with van der Waals surface area (Å²) >= 11 is 0. The highest BCUT2D eigenvalue weighted by molar-refractivity contribution is 6.15. The number of esters is 1. The molecule has 3 amide bonds. The maximum Gasteiger partial charge on any atom is 0.329 e. The largest absolute Gasteiger partial charge is 0.504 e. The van der Waals surface area contributed by atoms with Gasteiger partial charge in [0.25, 0.3) is 5.91 Å². The summed E-state index contributed by atoms with van der Waals surface area (Å²) in [6, 6.07) is 3.75. The van der Waals surface area contributed by atoms with Crippen LogP contribution in [0.3, 0.4) is 0 Å². The van der Waals surface area contributed by atoms with Gasteiger partial charge in [0.2, 0.25) is 0 Å². The molecule has 2 rings (SSSR count). The van der Waals surface area contributed by atoms with Gasteiger partial charge in [0.1, 0.15) is 12.2 Å². The molecule has 1 aromatic rings. The fourth-order valence-corrected chi connectivity index (χ4v) is 1.86. The van der Waals surface area contributed by atoms with Crippen LogP contribution in [0.5, 0.6) is 11.5 Å². The minimum atomic E-state index is -0.701. The monoisotopic (exact) mass is 306 g/mol. The Hall–Kier alpha value is -3.03.